The Hall–Kier alpha value is -8.92. The maximum absolute atomic E-state index is 5.22. The van der Waals surface area contributed by atoms with Gasteiger partial charge in [0.1, 0.15) is 0 Å². The molecule has 0 saturated heterocycles. The minimum atomic E-state index is 0.695. The fraction of sp³-hybridized carbons (Fsp3) is 0. The van der Waals surface area contributed by atoms with Gasteiger partial charge in [0.15, 0.2) is 5.82 Å². The van der Waals surface area contributed by atoms with Gasteiger partial charge in [0.05, 0.1) is 22.4 Å². The fourth-order valence-electron chi connectivity index (χ4n) is 10.4. The molecule has 13 rings (SSSR count). The van der Waals surface area contributed by atoms with E-state index in [2.05, 4.69) is 235 Å². The number of nitrogens with zero attached hydrogens (tertiary/aromatic N) is 3. The van der Waals surface area contributed by atoms with Crippen LogP contribution in [-0.2, 0) is 0 Å². The van der Waals surface area contributed by atoms with E-state index in [4.69, 9.17) is 9.97 Å². The van der Waals surface area contributed by atoms with E-state index in [0.717, 1.165) is 44.9 Å². The molecular weight excluding hydrogens is 811 g/mol. The molecule has 312 valence electrons. The number of rotatable bonds is 7. The molecule has 0 bridgehead atoms. The van der Waals surface area contributed by atoms with Crippen molar-refractivity contribution >= 4 is 54.1 Å². The highest BCUT2D eigenvalue weighted by molar-refractivity contribution is 6.28. The van der Waals surface area contributed by atoms with Crippen LogP contribution < -0.4 is 0 Å². The van der Waals surface area contributed by atoms with E-state index in [9.17, 15) is 0 Å². The van der Waals surface area contributed by atoms with Crippen LogP contribution in [0.25, 0.3) is 127 Å². The first kappa shape index (κ1) is 38.5. The molecule has 0 N–H and O–H groups in total. The molecule has 67 heavy (non-hydrogen) atoms. The van der Waals surface area contributed by atoms with Crippen molar-refractivity contribution in [2.45, 2.75) is 0 Å². The zero-order valence-corrected chi connectivity index (χ0v) is 36.5. The van der Waals surface area contributed by atoms with E-state index >= 15 is 0 Å². The van der Waals surface area contributed by atoms with Gasteiger partial charge in [-0.3, -0.25) is 0 Å². The van der Waals surface area contributed by atoms with Crippen molar-refractivity contribution in [1.82, 2.24) is 14.5 Å². The maximum atomic E-state index is 5.22. The third-order valence-electron chi connectivity index (χ3n) is 13.4. The molecular formula is C64H41N3. The van der Waals surface area contributed by atoms with Crippen LogP contribution in [0.2, 0.25) is 0 Å². The van der Waals surface area contributed by atoms with Gasteiger partial charge in [-0.1, -0.05) is 218 Å². The Morgan fingerprint density at radius 2 is 0.791 bits per heavy atom. The van der Waals surface area contributed by atoms with Crippen LogP contribution in [0.3, 0.4) is 0 Å². The van der Waals surface area contributed by atoms with E-state index in [0.29, 0.717) is 5.82 Å². The van der Waals surface area contributed by atoms with Crippen LogP contribution >= 0.6 is 0 Å². The molecule has 0 unspecified atom stereocenters. The molecule has 0 saturated carbocycles. The lowest BCUT2D eigenvalue weighted by atomic mass is 9.84. The molecule has 0 atom stereocenters. The van der Waals surface area contributed by atoms with Crippen molar-refractivity contribution in [2.24, 2.45) is 0 Å². The number of fused-ring (bicyclic) bond motifs is 7. The minimum absolute atomic E-state index is 0.695. The van der Waals surface area contributed by atoms with Gasteiger partial charge in [0, 0.05) is 33.2 Å². The van der Waals surface area contributed by atoms with Gasteiger partial charge in [-0.15, -0.1) is 0 Å². The third kappa shape index (κ3) is 6.51. The largest absolute Gasteiger partial charge is 0.309 e. The molecule has 0 fully saturated rings. The molecule has 0 amide bonds. The summed E-state index contributed by atoms with van der Waals surface area (Å²) in [5.41, 5.74) is 15.6. The summed E-state index contributed by atoms with van der Waals surface area (Å²) in [4.78, 5) is 10.4. The molecule has 0 aliphatic heterocycles. The average Bonchev–Trinajstić information content (AvgIpc) is 3.75. The van der Waals surface area contributed by atoms with Crippen molar-refractivity contribution in [2.75, 3.05) is 0 Å². The molecule has 0 aliphatic rings. The number of para-hydroxylation sites is 2. The summed E-state index contributed by atoms with van der Waals surface area (Å²) in [6.07, 6.45) is 0. The van der Waals surface area contributed by atoms with Crippen molar-refractivity contribution < 1.29 is 0 Å². The Morgan fingerprint density at radius 3 is 1.48 bits per heavy atom. The normalized spacial score (nSPS) is 11.6. The summed E-state index contributed by atoms with van der Waals surface area (Å²) in [7, 11) is 0. The van der Waals surface area contributed by atoms with Crippen molar-refractivity contribution in [3.63, 3.8) is 0 Å². The standard InChI is InChI=1S/C64H41N3/c1-4-18-46(19-5-1)61-53-26-13-12-25-52(53)60(55-40-39-42-17-10-11-24-51(42)63(55)61)47-37-35-45(36-38-47)57-41-56(65-64(66-57)48-20-6-2-7-21-48)44-33-31-43(32-34-44)50-28-16-30-59-62(50)54-27-14-15-29-58(54)67(59)49-22-8-3-9-23-49/h1-41H. The second-order valence-corrected chi connectivity index (χ2v) is 17.2. The SMILES string of the molecule is c1ccc(-c2nc(-c3ccc(-c4c5ccccc5c(-c5ccccc5)c5c4ccc4ccccc45)cc3)cc(-c3ccc(-c4cccc5c4c4ccccc4n5-c4ccccc4)cc3)n2)cc1. The van der Waals surface area contributed by atoms with Crippen LogP contribution in [0.1, 0.15) is 0 Å². The Kier molecular flexibility index (Phi) is 9.17. The first-order valence-corrected chi connectivity index (χ1v) is 22.9. The van der Waals surface area contributed by atoms with Gasteiger partial charge in [-0.2, -0.15) is 0 Å². The summed E-state index contributed by atoms with van der Waals surface area (Å²) in [6, 6.07) is 89.3. The Morgan fingerprint density at radius 1 is 0.284 bits per heavy atom. The van der Waals surface area contributed by atoms with Gasteiger partial charge in [0.25, 0.3) is 0 Å². The van der Waals surface area contributed by atoms with Gasteiger partial charge >= 0.3 is 0 Å². The molecule has 2 aromatic heterocycles. The predicted octanol–water partition coefficient (Wildman–Crippen LogP) is 17.0. The lowest BCUT2D eigenvalue weighted by molar-refractivity contribution is 1.18. The van der Waals surface area contributed by atoms with Crippen LogP contribution in [0, 0.1) is 0 Å². The molecule has 0 spiro atoms. The molecule has 13 aromatic rings. The number of aromatic nitrogens is 3. The van der Waals surface area contributed by atoms with E-state index in [1.807, 2.05) is 18.2 Å². The molecule has 3 heteroatoms. The Labute approximate surface area is 388 Å². The molecule has 0 radical (unpaired) electrons. The summed E-state index contributed by atoms with van der Waals surface area (Å²) in [5, 5.41) is 9.95. The van der Waals surface area contributed by atoms with E-state index in [1.54, 1.807) is 0 Å². The van der Waals surface area contributed by atoms with Crippen LogP contribution in [0.5, 0.6) is 0 Å². The van der Waals surface area contributed by atoms with E-state index in [-0.39, 0.29) is 0 Å². The van der Waals surface area contributed by atoms with Gasteiger partial charge < -0.3 is 4.57 Å². The third-order valence-corrected chi connectivity index (χ3v) is 13.4. The van der Waals surface area contributed by atoms with Crippen molar-refractivity contribution in [1.29, 1.82) is 0 Å². The fourth-order valence-corrected chi connectivity index (χ4v) is 10.4. The van der Waals surface area contributed by atoms with Crippen LogP contribution in [-0.4, -0.2) is 14.5 Å². The summed E-state index contributed by atoms with van der Waals surface area (Å²) in [6.45, 7) is 0. The first-order valence-electron chi connectivity index (χ1n) is 22.9. The van der Waals surface area contributed by atoms with E-state index < -0.39 is 0 Å². The van der Waals surface area contributed by atoms with Gasteiger partial charge in [0.2, 0.25) is 0 Å². The van der Waals surface area contributed by atoms with Crippen LogP contribution in [0.4, 0.5) is 0 Å². The van der Waals surface area contributed by atoms with Gasteiger partial charge in [-0.25, -0.2) is 9.97 Å². The smallest absolute Gasteiger partial charge is 0.160 e. The second-order valence-electron chi connectivity index (χ2n) is 17.2. The number of hydrogen-bond donors (Lipinski definition) is 0. The lowest BCUT2D eigenvalue weighted by Gasteiger charge is -2.19. The quantitative estimate of drug-likeness (QED) is 0.118. The lowest BCUT2D eigenvalue weighted by Crippen LogP contribution is -1.96. The predicted molar refractivity (Wildman–Crippen MR) is 282 cm³/mol. The number of benzene rings is 11. The number of hydrogen-bond acceptors (Lipinski definition) is 2. The zero-order valence-electron chi connectivity index (χ0n) is 36.5. The monoisotopic (exact) mass is 851 g/mol. The average molecular weight is 852 g/mol. The molecule has 11 aromatic carbocycles. The first-order chi connectivity index (χ1) is 33.2. The summed E-state index contributed by atoms with van der Waals surface area (Å²) in [5.74, 6) is 0.695. The molecule has 3 nitrogen and oxygen atoms in total. The minimum Gasteiger partial charge on any atom is -0.309 e. The highest BCUT2D eigenvalue weighted by atomic mass is 15.0. The highest BCUT2D eigenvalue weighted by Gasteiger charge is 2.20. The molecule has 2 heterocycles. The Bertz CT molecular complexity index is 3990. The zero-order chi connectivity index (χ0) is 44.3. The van der Waals surface area contributed by atoms with Crippen LogP contribution in [0.15, 0.2) is 249 Å². The summed E-state index contributed by atoms with van der Waals surface area (Å²) < 4.78 is 2.37. The maximum Gasteiger partial charge on any atom is 0.160 e. The highest BCUT2D eigenvalue weighted by Crippen LogP contribution is 2.47. The molecule has 0 aliphatic carbocycles. The Balaban J connectivity index is 0.928. The topological polar surface area (TPSA) is 30.7 Å². The van der Waals surface area contributed by atoms with E-state index in [1.165, 1.54) is 76.4 Å². The van der Waals surface area contributed by atoms with Gasteiger partial charge in [-0.05, 0) is 96.0 Å². The van der Waals surface area contributed by atoms with Crippen molar-refractivity contribution in [3.05, 3.63) is 249 Å². The summed E-state index contributed by atoms with van der Waals surface area (Å²) >= 11 is 0. The van der Waals surface area contributed by atoms with Crippen molar-refractivity contribution in [3.8, 4) is 73.0 Å². The second kappa shape index (κ2) is 16.0.